The molecule has 1 N–H and O–H groups in total. The number of anilines is 3. The summed E-state index contributed by atoms with van der Waals surface area (Å²) in [7, 11) is 2.01. The fourth-order valence-corrected chi connectivity index (χ4v) is 3.34. The Kier molecular flexibility index (Phi) is 4.35. The average molecular weight is 362 g/mol. The van der Waals surface area contributed by atoms with Crippen LogP contribution in [0.25, 0.3) is 11.5 Å². The van der Waals surface area contributed by atoms with Crippen LogP contribution in [0.3, 0.4) is 0 Å². The molecule has 2 aromatic heterocycles. The Balaban J connectivity index is 1.70. The van der Waals surface area contributed by atoms with Crippen molar-refractivity contribution in [1.82, 2.24) is 19.7 Å². The minimum atomic E-state index is 0.155. The quantitative estimate of drug-likeness (QED) is 0.763. The van der Waals surface area contributed by atoms with Crippen molar-refractivity contribution < 1.29 is 4.79 Å². The minimum Gasteiger partial charge on any atom is -0.373 e. The highest BCUT2D eigenvalue weighted by atomic mass is 16.1. The summed E-state index contributed by atoms with van der Waals surface area (Å²) in [5, 5.41) is 11.5. The van der Waals surface area contributed by atoms with E-state index in [0.717, 1.165) is 35.0 Å². The molecule has 0 aliphatic carbocycles. The van der Waals surface area contributed by atoms with Crippen LogP contribution in [0.5, 0.6) is 0 Å². The molecule has 0 amide bonds. The molecule has 0 bridgehead atoms. The van der Waals surface area contributed by atoms with E-state index in [1.54, 1.807) is 6.33 Å². The predicted molar refractivity (Wildman–Crippen MR) is 106 cm³/mol. The Morgan fingerprint density at radius 2 is 1.96 bits per heavy atom. The summed E-state index contributed by atoms with van der Waals surface area (Å²) in [5.41, 5.74) is 3.19. The van der Waals surface area contributed by atoms with E-state index in [2.05, 4.69) is 39.2 Å². The Labute approximate surface area is 158 Å². The number of Topliss-reactive ketones (excluding diaryl/α,β-unsaturated/α-hetero) is 1. The summed E-state index contributed by atoms with van der Waals surface area (Å²) >= 11 is 0. The first-order chi connectivity index (χ1) is 13.0. The van der Waals surface area contributed by atoms with Crippen LogP contribution in [0, 0.1) is 0 Å². The Morgan fingerprint density at radius 1 is 1.15 bits per heavy atom. The maximum atomic E-state index is 12.5. The van der Waals surface area contributed by atoms with Crippen molar-refractivity contribution in [2.24, 2.45) is 0 Å². The van der Waals surface area contributed by atoms with Crippen molar-refractivity contribution in [2.75, 3.05) is 23.8 Å². The van der Waals surface area contributed by atoms with E-state index in [4.69, 9.17) is 0 Å². The molecule has 7 heteroatoms. The van der Waals surface area contributed by atoms with Gasteiger partial charge in [-0.3, -0.25) is 4.79 Å². The molecule has 1 aliphatic heterocycles. The van der Waals surface area contributed by atoms with Crippen LogP contribution in [0.4, 0.5) is 17.2 Å². The van der Waals surface area contributed by atoms with Crippen LogP contribution in [0.1, 0.15) is 36.7 Å². The van der Waals surface area contributed by atoms with Crippen LogP contribution < -0.4 is 10.2 Å². The Bertz CT molecular complexity index is 994. The number of carbonyl (C=O) groups is 1. The van der Waals surface area contributed by atoms with Gasteiger partial charge in [0.1, 0.15) is 17.8 Å². The third-order valence-corrected chi connectivity index (χ3v) is 4.78. The van der Waals surface area contributed by atoms with Gasteiger partial charge in [0, 0.05) is 31.7 Å². The molecule has 0 atom stereocenters. The lowest BCUT2D eigenvalue weighted by Gasteiger charge is -2.28. The van der Waals surface area contributed by atoms with Crippen molar-refractivity contribution in [1.29, 1.82) is 0 Å². The highest BCUT2D eigenvalue weighted by molar-refractivity contribution is 6.08. The van der Waals surface area contributed by atoms with Crippen LogP contribution in [-0.2, 0) is 0 Å². The smallest absolute Gasteiger partial charge is 0.182 e. The molecule has 0 spiro atoms. The number of benzene rings is 1. The highest BCUT2D eigenvalue weighted by Crippen LogP contribution is 2.33. The van der Waals surface area contributed by atoms with Crippen molar-refractivity contribution in [3.05, 3.63) is 48.3 Å². The first kappa shape index (κ1) is 17.2. The number of hydrogen-bond donors (Lipinski definition) is 1. The molecule has 0 unspecified atom stereocenters. The highest BCUT2D eigenvalue weighted by Gasteiger charge is 2.24. The van der Waals surface area contributed by atoms with Gasteiger partial charge in [-0.1, -0.05) is 12.1 Å². The summed E-state index contributed by atoms with van der Waals surface area (Å²) in [6, 6.07) is 11.8. The summed E-state index contributed by atoms with van der Waals surface area (Å²) in [5.74, 6) is 1.54. The van der Waals surface area contributed by atoms with Gasteiger partial charge in [-0.15, -0.1) is 10.2 Å². The molecule has 1 aromatic carbocycles. The molecular formula is C20H22N6O. The fourth-order valence-electron chi connectivity index (χ4n) is 3.34. The molecule has 27 heavy (non-hydrogen) atoms. The van der Waals surface area contributed by atoms with Gasteiger partial charge in [0.05, 0.1) is 11.3 Å². The first-order valence-electron chi connectivity index (χ1n) is 9.06. The SMILES string of the molecule is CC(C)n1cnnc1-c1cccc(Nc2cccc3c2C(=O)CCN3C)n1. The number of fused-ring (bicyclic) bond motifs is 1. The van der Waals surface area contributed by atoms with Crippen molar-refractivity contribution in [2.45, 2.75) is 26.3 Å². The van der Waals surface area contributed by atoms with Crippen molar-refractivity contribution in [3.8, 4) is 11.5 Å². The molecule has 3 aromatic rings. The van der Waals surface area contributed by atoms with Gasteiger partial charge in [0.15, 0.2) is 11.6 Å². The van der Waals surface area contributed by atoms with Crippen molar-refractivity contribution in [3.63, 3.8) is 0 Å². The number of hydrogen-bond acceptors (Lipinski definition) is 6. The van der Waals surface area contributed by atoms with Gasteiger partial charge in [-0.25, -0.2) is 4.98 Å². The molecule has 0 saturated heterocycles. The zero-order valence-corrected chi connectivity index (χ0v) is 15.7. The third-order valence-electron chi connectivity index (χ3n) is 4.78. The van der Waals surface area contributed by atoms with Gasteiger partial charge in [-0.05, 0) is 38.1 Å². The van der Waals surface area contributed by atoms with Crippen LogP contribution in [0.15, 0.2) is 42.7 Å². The summed E-state index contributed by atoms with van der Waals surface area (Å²) in [6.45, 7) is 4.90. The maximum Gasteiger partial charge on any atom is 0.182 e. The number of ketones is 1. The number of nitrogens with zero attached hydrogens (tertiary/aromatic N) is 5. The molecule has 1 aliphatic rings. The first-order valence-corrected chi connectivity index (χ1v) is 9.06. The monoisotopic (exact) mass is 362 g/mol. The normalized spacial score (nSPS) is 13.8. The number of rotatable bonds is 4. The number of aromatic nitrogens is 4. The maximum absolute atomic E-state index is 12.5. The van der Waals surface area contributed by atoms with E-state index in [1.165, 1.54) is 0 Å². The minimum absolute atomic E-state index is 0.155. The second-order valence-corrected chi connectivity index (χ2v) is 6.98. The lowest BCUT2D eigenvalue weighted by Crippen LogP contribution is -2.28. The zero-order chi connectivity index (χ0) is 19.0. The molecular weight excluding hydrogens is 340 g/mol. The van der Waals surface area contributed by atoms with E-state index in [0.29, 0.717) is 12.2 Å². The third kappa shape index (κ3) is 3.16. The number of pyridine rings is 1. The molecule has 3 heterocycles. The number of carbonyl (C=O) groups excluding carboxylic acids is 1. The molecule has 0 fully saturated rings. The van der Waals surface area contributed by atoms with E-state index >= 15 is 0 Å². The summed E-state index contributed by atoms with van der Waals surface area (Å²) in [4.78, 5) is 19.3. The molecule has 138 valence electrons. The van der Waals surface area contributed by atoms with E-state index in [9.17, 15) is 4.79 Å². The molecule has 7 nitrogen and oxygen atoms in total. The topological polar surface area (TPSA) is 75.9 Å². The van der Waals surface area contributed by atoms with Gasteiger partial charge >= 0.3 is 0 Å². The van der Waals surface area contributed by atoms with Gasteiger partial charge in [-0.2, -0.15) is 0 Å². The molecule has 4 rings (SSSR count). The van der Waals surface area contributed by atoms with E-state index in [1.807, 2.05) is 48.0 Å². The zero-order valence-electron chi connectivity index (χ0n) is 15.7. The second-order valence-electron chi connectivity index (χ2n) is 6.98. The molecule has 0 saturated carbocycles. The second kappa shape index (κ2) is 6.83. The van der Waals surface area contributed by atoms with Crippen LogP contribution in [0.2, 0.25) is 0 Å². The van der Waals surface area contributed by atoms with Crippen LogP contribution >= 0.6 is 0 Å². The lowest BCUT2D eigenvalue weighted by atomic mass is 9.99. The van der Waals surface area contributed by atoms with Crippen LogP contribution in [-0.4, -0.2) is 39.1 Å². The van der Waals surface area contributed by atoms with Crippen molar-refractivity contribution >= 4 is 23.0 Å². The lowest BCUT2D eigenvalue weighted by molar-refractivity contribution is 0.0981. The fraction of sp³-hybridized carbons (Fsp3) is 0.300. The largest absolute Gasteiger partial charge is 0.373 e. The van der Waals surface area contributed by atoms with Gasteiger partial charge in [0.25, 0.3) is 0 Å². The van der Waals surface area contributed by atoms with E-state index < -0.39 is 0 Å². The summed E-state index contributed by atoms with van der Waals surface area (Å²) < 4.78 is 1.98. The van der Waals surface area contributed by atoms with E-state index in [-0.39, 0.29) is 11.8 Å². The number of nitrogens with one attached hydrogen (secondary N) is 1. The predicted octanol–water partition coefficient (Wildman–Crippen LogP) is 3.69. The Morgan fingerprint density at radius 3 is 2.78 bits per heavy atom. The summed E-state index contributed by atoms with van der Waals surface area (Å²) in [6.07, 6.45) is 2.23. The van der Waals surface area contributed by atoms with Gasteiger partial charge in [0.2, 0.25) is 0 Å². The van der Waals surface area contributed by atoms with Gasteiger partial charge < -0.3 is 14.8 Å². The molecule has 0 radical (unpaired) electrons. The Hall–Kier alpha value is -3.22. The standard InChI is InChI=1S/C20H22N6O/c1-13(2)26-12-21-24-20(26)15-7-5-9-18(23-15)22-14-6-4-8-16-19(14)17(27)10-11-25(16)3/h4-9,12-13H,10-11H2,1-3H3,(H,22,23). The average Bonchev–Trinajstić information content (AvgIpc) is 3.15.